The first-order valence-corrected chi connectivity index (χ1v) is 7.86. The number of anilines is 1. The Hall–Kier alpha value is -1.67. The van der Waals surface area contributed by atoms with Gasteiger partial charge in [-0.05, 0) is 12.5 Å². The van der Waals surface area contributed by atoms with Gasteiger partial charge in [-0.1, -0.05) is 19.8 Å². The fraction of sp³-hybridized carbons (Fsp3) is 0.500. The minimum Gasteiger partial charge on any atom is -0.387 e. The van der Waals surface area contributed by atoms with Gasteiger partial charge in [-0.2, -0.15) is 0 Å². The van der Waals surface area contributed by atoms with Gasteiger partial charge in [-0.15, -0.1) is 0 Å². The summed E-state index contributed by atoms with van der Waals surface area (Å²) in [5.74, 6) is 0. The Bertz CT molecular complexity index is 572. The Balaban J connectivity index is 3.02. The lowest BCUT2D eigenvalue weighted by Crippen LogP contribution is -2.25. The molecule has 0 radical (unpaired) electrons. The highest BCUT2D eigenvalue weighted by Gasteiger charge is 2.21. The van der Waals surface area contributed by atoms with Gasteiger partial charge in [0.15, 0.2) is 0 Å². The summed E-state index contributed by atoms with van der Waals surface area (Å²) in [5, 5.41) is 13.5. The zero-order chi connectivity index (χ0) is 15.2. The molecule has 0 bridgehead atoms. The number of benzene rings is 1. The van der Waals surface area contributed by atoms with E-state index in [1.807, 2.05) is 6.92 Å². The molecule has 20 heavy (non-hydrogen) atoms. The van der Waals surface area contributed by atoms with Crippen molar-refractivity contribution >= 4 is 21.4 Å². The summed E-state index contributed by atoms with van der Waals surface area (Å²) in [7, 11) is -2.19. The van der Waals surface area contributed by atoms with E-state index in [1.54, 1.807) is 7.05 Å². The molecule has 0 fully saturated rings. The normalized spacial score (nSPS) is 11.3. The number of nitrogens with one attached hydrogen (secondary N) is 2. The van der Waals surface area contributed by atoms with E-state index in [4.69, 9.17) is 0 Å². The molecule has 0 aliphatic rings. The van der Waals surface area contributed by atoms with Crippen molar-refractivity contribution in [1.82, 2.24) is 4.72 Å². The molecule has 1 rings (SSSR count). The molecule has 1 aromatic rings. The first kappa shape index (κ1) is 16.4. The molecular formula is C12H19N3O4S. The van der Waals surface area contributed by atoms with Crippen LogP contribution in [0.1, 0.15) is 26.2 Å². The molecule has 0 aromatic heterocycles. The summed E-state index contributed by atoms with van der Waals surface area (Å²) in [4.78, 5) is 10.0. The summed E-state index contributed by atoms with van der Waals surface area (Å²) in [6.45, 7) is 2.34. The summed E-state index contributed by atoms with van der Waals surface area (Å²) >= 11 is 0. The number of nitro groups is 1. The average molecular weight is 301 g/mol. The van der Waals surface area contributed by atoms with Crippen molar-refractivity contribution in [3.63, 3.8) is 0 Å². The Morgan fingerprint density at radius 1 is 1.30 bits per heavy atom. The SMILES string of the molecule is CCCCCNS(=O)(=O)c1cc([N+](=O)[O-])ccc1NC. The Labute approximate surface area is 118 Å². The number of rotatable bonds is 8. The number of sulfonamides is 1. The predicted octanol–water partition coefficient (Wildman–Crippen LogP) is 2.10. The first-order valence-electron chi connectivity index (χ1n) is 6.38. The van der Waals surface area contributed by atoms with Crippen LogP contribution in [0.4, 0.5) is 11.4 Å². The van der Waals surface area contributed by atoms with Crippen LogP contribution in [-0.2, 0) is 10.0 Å². The molecule has 112 valence electrons. The molecular weight excluding hydrogens is 282 g/mol. The van der Waals surface area contributed by atoms with E-state index in [0.29, 0.717) is 12.2 Å². The average Bonchev–Trinajstić information content (AvgIpc) is 2.42. The maximum absolute atomic E-state index is 12.2. The van der Waals surface area contributed by atoms with E-state index in [2.05, 4.69) is 10.0 Å². The second-order valence-electron chi connectivity index (χ2n) is 4.29. The van der Waals surface area contributed by atoms with Crippen molar-refractivity contribution < 1.29 is 13.3 Å². The molecule has 0 unspecified atom stereocenters. The summed E-state index contributed by atoms with van der Waals surface area (Å²) < 4.78 is 26.8. The van der Waals surface area contributed by atoms with Crippen LogP contribution in [0.5, 0.6) is 0 Å². The largest absolute Gasteiger partial charge is 0.387 e. The van der Waals surface area contributed by atoms with E-state index < -0.39 is 14.9 Å². The van der Waals surface area contributed by atoms with Crippen LogP contribution >= 0.6 is 0 Å². The van der Waals surface area contributed by atoms with Gasteiger partial charge in [0, 0.05) is 25.7 Å². The lowest BCUT2D eigenvalue weighted by molar-refractivity contribution is -0.385. The molecule has 7 nitrogen and oxygen atoms in total. The predicted molar refractivity (Wildman–Crippen MR) is 77.4 cm³/mol. The molecule has 1 aromatic carbocycles. The molecule has 0 spiro atoms. The van der Waals surface area contributed by atoms with E-state index in [9.17, 15) is 18.5 Å². The molecule has 0 atom stereocenters. The van der Waals surface area contributed by atoms with Crippen molar-refractivity contribution in [1.29, 1.82) is 0 Å². The topological polar surface area (TPSA) is 101 Å². The number of hydrogen-bond donors (Lipinski definition) is 2. The maximum atomic E-state index is 12.2. The number of nitrogens with zero attached hydrogens (tertiary/aromatic N) is 1. The highest BCUT2D eigenvalue weighted by Crippen LogP contribution is 2.25. The Kier molecular flexibility index (Phi) is 5.90. The highest BCUT2D eigenvalue weighted by molar-refractivity contribution is 7.89. The third kappa shape index (κ3) is 4.17. The van der Waals surface area contributed by atoms with Crippen LogP contribution in [0.15, 0.2) is 23.1 Å². The quantitative estimate of drug-likeness (QED) is 0.435. The zero-order valence-corrected chi connectivity index (χ0v) is 12.4. The van der Waals surface area contributed by atoms with Crippen molar-refractivity contribution in [3.05, 3.63) is 28.3 Å². The van der Waals surface area contributed by atoms with E-state index in [1.165, 1.54) is 12.1 Å². The molecule has 0 saturated heterocycles. The maximum Gasteiger partial charge on any atom is 0.270 e. The fourth-order valence-electron chi connectivity index (χ4n) is 1.71. The van der Waals surface area contributed by atoms with Crippen LogP contribution in [0.25, 0.3) is 0 Å². The minimum absolute atomic E-state index is 0.106. The first-order chi connectivity index (χ1) is 9.42. The third-order valence-electron chi connectivity index (χ3n) is 2.81. The number of non-ortho nitro benzene ring substituents is 1. The van der Waals surface area contributed by atoms with E-state index in [0.717, 1.165) is 25.3 Å². The lowest BCUT2D eigenvalue weighted by Gasteiger charge is -2.11. The van der Waals surface area contributed by atoms with Gasteiger partial charge in [0.05, 0.1) is 10.6 Å². The van der Waals surface area contributed by atoms with Gasteiger partial charge in [0.1, 0.15) is 4.90 Å². The standard InChI is InChI=1S/C12H19N3O4S/c1-3-4-5-8-14-20(18,19)12-9-10(15(16)17)6-7-11(12)13-2/h6-7,9,13-14H,3-5,8H2,1-2H3. The van der Waals surface area contributed by atoms with Gasteiger partial charge in [-0.3, -0.25) is 10.1 Å². The fourth-order valence-corrected chi connectivity index (χ4v) is 3.02. The van der Waals surface area contributed by atoms with Gasteiger partial charge in [-0.25, -0.2) is 13.1 Å². The molecule has 0 heterocycles. The zero-order valence-electron chi connectivity index (χ0n) is 11.5. The van der Waals surface area contributed by atoms with Gasteiger partial charge in [0.25, 0.3) is 5.69 Å². The molecule has 0 aliphatic carbocycles. The van der Waals surface area contributed by atoms with Crippen molar-refractivity contribution in [2.45, 2.75) is 31.1 Å². The van der Waals surface area contributed by atoms with Crippen LogP contribution in [0.2, 0.25) is 0 Å². The molecule has 8 heteroatoms. The van der Waals surface area contributed by atoms with Gasteiger partial charge < -0.3 is 5.32 Å². The van der Waals surface area contributed by atoms with Crippen molar-refractivity contribution in [3.8, 4) is 0 Å². The van der Waals surface area contributed by atoms with Gasteiger partial charge in [0.2, 0.25) is 10.0 Å². The highest BCUT2D eigenvalue weighted by atomic mass is 32.2. The van der Waals surface area contributed by atoms with E-state index >= 15 is 0 Å². The van der Waals surface area contributed by atoms with Crippen LogP contribution in [0.3, 0.4) is 0 Å². The number of unbranched alkanes of at least 4 members (excludes halogenated alkanes) is 2. The number of nitro benzene ring substituents is 1. The van der Waals surface area contributed by atoms with Gasteiger partial charge >= 0.3 is 0 Å². The monoisotopic (exact) mass is 301 g/mol. The summed E-state index contributed by atoms with van der Waals surface area (Å²) in [5.41, 5.74) is 0.0801. The summed E-state index contributed by atoms with van der Waals surface area (Å²) in [6.07, 6.45) is 2.65. The van der Waals surface area contributed by atoms with Crippen LogP contribution < -0.4 is 10.0 Å². The smallest absolute Gasteiger partial charge is 0.270 e. The van der Waals surface area contributed by atoms with Crippen molar-refractivity contribution in [2.75, 3.05) is 18.9 Å². The summed E-state index contributed by atoms with van der Waals surface area (Å²) in [6, 6.07) is 3.72. The van der Waals surface area contributed by atoms with Crippen LogP contribution in [-0.4, -0.2) is 26.9 Å². The third-order valence-corrected chi connectivity index (χ3v) is 4.31. The Morgan fingerprint density at radius 2 is 2.00 bits per heavy atom. The molecule has 2 N–H and O–H groups in total. The lowest BCUT2D eigenvalue weighted by atomic mass is 10.3. The Morgan fingerprint density at radius 3 is 2.55 bits per heavy atom. The van der Waals surface area contributed by atoms with Crippen LogP contribution in [0, 0.1) is 10.1 Å². The molecule has 0 saturated carbocycles. The minimum atomic E-state index is -3.76. The molecule has 0 aliphatic heterocycles. The second-order valence-corrected chi connectivity index (χ2v) is 6.03. The number of hydrogen-bond acceptors (Lipinski definition) is 5. The van der Waals surface area contributed by atoms with E-state index in [-0.39, 0.29) is 10.6 Å². The molecule has 0 amide bonds. The second kappa shape index (κ2) is 7.20. The van der Waals surface area contributed by atoms with Crippen molar-refractivity contribution in [2.24, 2.45) is 0 Å².